The molecule has 0 bridgehead atoms. The molecule has 2 heterocycles. The number of aromatic nitrogens is 2. The summed E-state index contributed by atoms with van der Waals surface area (Å²) in [5, 5.41) is -0.574. The predicted octanol–water partition coefficient (Wildman–Crippen LogP) is 1.75. The van der Waals surface area contributed by atoms with Crippen LogP contribution in [0.25, 0.3) is 0 Å². The van der Waals surface area contributed by atoms with Crippen LogP contribution in [0.3, 0.4) is 0 Å². The molecule has 156 valence electrons. The Morgan fingerprint density at radius 2 is 1.97 bits per heavy atom. The second-order valence-corrected chi connectivity index (χ2v) is 11.5. The van der Waals surface area contributed by atoms with E-state index in [9.17, 15) is 21.6 Å². The number of carbonyl (C=O) groups is 1. The number of nitrogens with zero attached hydrogens (tertiary/aromatic N) is 3. The van der Waals surface area contributed by atoms with Crippen LogP contribution in [0, 0.1) is 0 Å². The molecule has 8 nitrogen and oxygen atoms in total. The number of carbonyl (C=O) groups excluding carboxylic acids is 1. The zero-order valence-corrected chi connectivity index (χ0v) is 18.0. The summed E-state index contributed by atoms with van der Waals surface area (Å²) in [5.41, 5.74) is 0.547. The number of benzene rings is 1. The molecule has 1 amide bonds. The van der Waals surface area contributed by atoms with Gasteiger partial charge in [-0.15, -0.1) is 0 Å². The highest BCUT2D eigenvalue weighted by atomic mass is 35.5. The number of sulfone groups is 2. The predicted molar refractivity (Wildman–Crippen MR) is 108 cm³/mol. The summed E-state index contributed by atoms with van der Waals surface area (Å²) in [6, 6.07) is 8.54. The number of hydrogen-bond acceptors (Lipinski definition) is 7. The second-order valence-electron chi connectivity index (χ2n) is 6.73. The molecular formula is C18H20ClN3O5S2. The largest absolute Gasteiger partial charge is 0.329 e. The first-order valence-corrected chi connectivity index (χ1v) is 12.8. The smallest absolute Gasteiger partial charge is 0.274 e. The van der Waals surface area contributed by atoms with Gasteiger partial charge >= 0.3 is 0 Å². The fraction of sp³-hybridized carbons (Fsp3) is 0.389. The monoisotopic (exact) mass is 457 g/mol. The SMILES string of the molecule is CCS(=O)(=O)c1ncc(Cl)c(C(=O)N(Cc2ccccc2)[C@H]2CCS(=O)(=O)C2)n1. The highest BCUT2D eigenvalue weighted by Gasteiger charge is 2.36. The summed E-state index contributed by atoms with van der Waals surface area (Å²) >= 11 is 6.11. The van der Waals surface area contributed by atoms with Crippen LogP contribution in [0.15, 0.2) is 41.7 Å². The Balaban J connectivity index is 2.01. The van der Waals surface area contributed by atoms with E-state index in [1.54, 1.807) is 0 Å². The molecule has 29 heavy (non-hydrogen) atoms. The van der Waals surface area contributed by atoms with E-state index in [1.807, 2.05) is 30.3 Å². The fourth-order valence-electron chi connectivity index (χ4n) is 3.08. The van der Waals surface area contributed by atoms with E-state index in [-0.39, 0.29) is 34.5 Å². The standard InChI is InChI=1S/C18H20ClN3O5S2/c1-2-29(26,27)18-20-10-15(19)16(21-18)17(23)22(11-13-6-4-3-5-7-13)14-8-9-28(24,25)12-14/h3-7,10,14H,2,8-9,11-12H2,1H3/t14-/m0/s1. The van der Waals surface area contributed by atoms with Gasteiger partial charge in [-0.1, -0.05) is 48.9 Å². The van der Waals surface area contributed by atoms with Crippen molar-refractivity contribution in [3.63, 3.8) is 0 Å². The van der Waals surface area contributed by atoms with E-state index in [0.717, 1.165) is 11.8 Å². The summed E-state index contributed by atoms with van der Waals surface area (Å²) in [6.07, 6.45) is 1.38. The average molecular weight is 458 g/mol. The Morgan fingerprint density at radius 3 is 2.55 bits per heavy atom. The van der Waals surface area contributed by atoms with Crippen molar-refractivity contribution in [2.45, 2.75) is 31.1 Å². The molecular weight excluding hydrogens is 438 g/mol. The van der Waals surface area contributed by atoms with Gasteiger partial charge in [-0.2, -0.15) is 0 Å². The van der Waals surface area contributed by atoms with Gasteiger partial charge in [0.05, 0.1) is 28.5 Å². The van der Waals surface area contributed by atoms with E-state index in [0.29, 0.717) is 6.42 Å². The molecule has 2 aromatic rings. The van der Waals surface area contributed by atoms with Crippen molar-refractivity contribution in [3.05, 3.63) is 52.8 Å². The first-order valence-electron chi connectivity index (χ1n) is 8.93. The topological polar surface area (TPSA) is 114 Å². The molecule has 0 N–H and O–H groups in total. The molecule has 11 heteroatoms. The lowest BCUT2D eigenvalue weighted by molar-refractivity contribution is 0.0674. The molecule has 1 aromatic carbocycles. The summed E-state index contributed by atoms with van der Waals surface area (Å²) in [4.78, 5) is 22.3. The van der Waals surface area contributed by atoms with Crippen LogP contribution in [0.1, 0.15) is 29.4 Å². The number of rotatable bonds is 6. The quantitative estimate of drug-likeness (QED) is 0.607. The third-order valence-electron chi connectivity index (χ3n) is 4.69. The fourth-order valence-corrected chi connectivity index (χ4v) is 5.69. The molecule has 0 unspecified atom stereocenters. The molecule has 1 fully saturated rings. The van der Waals surface area contributed by atoms with Gasteiger partial charge in [-0.05, 0) is 12.0 Å². The van der Waals surface area contributed by atoms with Crippen LogP contribution in [-0.2, 0) is 26.2 Å². The van der Waals surface area contributed by atoms with Crippen LogP contribution < -0.4 is 0 Å². The average Bonchev–Trinajstić information content (AvgIpc) is 3.06. The van der Waals surface area contributed by atoms with Crippen LogP contribution in [0.4, 0.5) is 0 Å². The lowest BCUT2D eigenvalue weighted by atomic mass is 10.1. The van der Waals surface area contributed by atoms with Gasteiger partial charge in [0.25, 0.3) is 5.91 Å². The molecule has 0 spiro atoms. The van der Waals surface area contributed by atoms with Crippen LogP contribution in [0.5, 0.6) is 0 Å². The van der Waals surface area contributed by atoms with E-state index in [2.05, 4.69) is 9.97 Å². The molecule has 1 aliphatic rings. The highest BCUT2D eigenvalue weighted by molar-refractivity contribution is 7.91. The summed E-state index contributed by atoms with van der Waals surface area (Å²) in [5.74, 6) is -1.02. The van der Waals surface area contributed by atoms with Crippen LogP contribution in [-0.4, -0.2) is 60.9 Å². The number of halogens is 1. The Kier molecular flexibility index (Phi) is 6.25. The third-order valence-corrected chi connectivity index (χ3v) is 8.23. The van der Waals surface area contributed by atoms with Gasteiger partial charge in [0.2, 0.25) is 15.0 Å². The Morgan fingerprint density at radius 1 is 1.28 bits per heavy atom. The van der Waals surface area contributed by atoms with Crippen molar-refractivity contribution in [2.75, 3.05) is 17.3 Å². The number of hydrogen-bond donors (Lipinski definition) is 0. The van der Waals surface area contributed by atoms with Crippen molar-refractivity contribution in [1.29, 1.82) is 0 Å². The normalized spacial score (nSPS) is 18.5. The minimum Gasteiger partial charge on any atom is -0.329 e. The molecule has 1 aliphatic heterocycles. The maximum atomic E-state index is 13.3. The van der Waals surface area contributed by atoms with Gasteiger partial charge < -0.3 is 4.90 Å². The molecule has 1 aromatic heterocycles. The van der Waals surface area contributed by atoms with E-state index in [4.69, 9.17) is 11.6 Å². The summed E-state index contributed by atoms with van der Waals surface area (Å²) < 4.78 is 48.2. The first-order chi connectivity index (χ1) is 13.6. The Labute approximate surface area is 174 Å². The van der Waals surface area contributed by atoms with Gasteiger partial charge in [0.15, 0.2) is 15.5 Å². The minimum absolute atomic E-state index is 0.0107. The molecule has 3 rings (SSSR count). The molecule has 0 aliphatic carbocycles. The Hall–Kier alpha value is -2.04. The van der Waals surface area contributed by atoms with E-state index in [1.165, 1.54) is 11.8 Å². The molecule has 0 radical (unpaired) electrons. The van der Waals surface area contributed by atoms with Gasteiger partial charge in [-0.25, -0.2) is 26.8 Å². The van der Waals surface area contributed by atoms with Gasteiger partial charge in [0.1, 0.15) is 0 Å². The molecule has 0 saturated carbocycles. The zero-order valence-electron chi connectivity index (χ0n) is 15.7. The van der Waals surface area contributed by atoms with Crippen molar-refractivity contribution in [2.24, 2.45) is 0 Å². The summed E-state index contributed by atoms with van der Waals surface area (Å²) in [6.45, 7) is 1.59. The lowest BCUT2D eigenvalue weighted by Gasteiger charge is -2.28. The Bertz CT molecular complexity index is 1120. The maximum absolute atomic E-state index is 13.3. The number of amides is 1. The second kappa shape index (κ2) is 8.37. The lowest BCUT2D eigenvalue weighted by Crippen LogP contribution is -2.41. The maximum Gasteiger partial charge on any atom is 0.274 e. The van der Waals surface area contributed by atoms with Crippen LogP contribution in [0.2, 0.25) is 5.02 Å². The van der Waals surface area contributed by atoms with Crippen molar-refractivity contribution in [3.8, 4) is 0 Å². The van der Waals surface area contributed by atoms with Gasteiger partial charge in [0, 0.05) is 12.6 Å². The zero-order chi connectivity index (χ0) is 21.2. The van der Waals surface area contributed by atoms with E-state index < -0.39 is 36.8 Å². The van der Waals surface area contributed by atoms with Crippen molar-refractivity contribution in [1.82, 2.24) is 14.9 Å². The third kappa shape index (κ3) is 4.93. The summed E-state index contributed by atoms with van der Waals surface area (Å²) in [7, 11) is -6.99. The molecule has 1 saturated heterocycles. The molecule has 1 atom stereocenters. The van der Waals surface area contributed by atoms with Crippen molar-refractivity contribution >= 4 is 37.2 Å². The minimum atomic E-state index is -3.74. The van der Waals surface area contributed by atoms with E-state index >= 15 is 0 Å². The van der Waals surface area contributed by atoms with Crippen molar-refractivity contribution < 1.29 is 21.6 Å². The first kappa shape index (κ1) is 21.7. The van der Waals surface area contributed by atoms with Crippen LogP contribution >= 0.6 is 11.6 Å². The highest BCUT2D eigenvalue weighted by Crippen LogP contribution is 2.24. The van der Waals surface area contributed by atoms with Gasteiger partial charge in [-0.3, -0.25) is 4.79 Å².